The summed E-state index contributed by atoms with van der Waals surface area (Å²) in [6, 6.07) is 4.83. The predicted octanol–water partition coefficient (Wildman–Crippen LogP) is 4.42. The summed E-state index contributed by atoms with van der Waals surface area (Å²) < 4.78 is 5.40. The number of aryl methyl sites for hydroxylation is 4. The van der Waals surface area contributed by atoms with Crippen molar-refractivity contribution in [1.82, 2.24) is 25.3 Å². The molecule has 7 nitrogen and oxygen atoms in total. The maximum atomic E-state index is 5.40. The van der Waals surface area contributed by atoms with Crippen LogP contribution in [0.2, 0.25) is 0 Å². The van der Waals surface area contributed by atoms with E-state index in [-0.39, 0.29) is 0 Å². The molecule has 0 spiro atoms. The number of anilines is 1. The monoisotopic (exact) mass is 362 g/mol. The van der Waals surface area contributed by atoms with Gasteiger partial charge in [0.1, 0.15) is 5.76 Å². The number of nitrogens with one attached hydrogen (secondary N) is 3. The SMILES string of the molecule is Cc1n[nH]c(C)c1-c1cc(-c2c(C)noc2C)cc2[nH]c(NC3CC3)nc12. The Bertz CT molecular complexity index is 1120. The van der Waals surface area contributed by atoms with E-state index in [4.69, 9.17) is 9.51 Å². The molecule has 0 saturated heterocycles. The maximum absolute atomic E-state index is 5.40. The molecule has 0 bridgehead atoms. The quantitative estimate of drug-likeness (QED) is 0.499. The zero-order chi connectivity index (χ0) is 18.7. The van der Waals surface area contributed by atoms with Gasteiger partial charge < -0.3 is 14.8 Å². The molecule has 1 aromatic carbocycles. The minimum Gasteiger partial charge on any atom is -0.361 e. The molecule has 7 heteroatoms. The van der Waals surface area contributed by atoms with Crippen LogP contribution in [0.15, 0.2) is 16.7 Å². The Morgan fingerprint density at radius 1 is 1.07 bits per heavy atom. The Hall–Kier alpha value is -3.09. The van der Waals surface area contributed by atoms with Gasteiger partial charge in [-0.3, -0.25) is 5.10 Å². The lowest BCUT2D eigenvalue weighted by Gasteiger charge is -2.08. The van der Waals surface area contributed by atoms with Gasteiger partial charge in [-0.2, -0.15) is 5.10 Å². The number of nitrogens with zero attached hydrogens (tertiary/aromatic N) is 3. The van der Waals surface area contributed by atoms with E-state index in [0.717, 1.165) is 62.1 Å². The molecule has 1 saturated carbocycles. The summed E-state index contributed by atoms with van der Waals surface area (Å²) >= 11 is 0. The summed E-state index contributed by atoms with van der Waals surface area (Å²) in [5, 5.41) is 15.1. The summed E-state index contributed by atoms with van der Waals surface area (Å²) in [6.07, 6.45) is 2.41. The van der Waals surface area contributed by atoms with Crippen LogP contribution in [0.25, 0.3) is 33.3 Å². The van der Waals surface area contributed by atoms with E-state index in [0.29, 0.717) is 6.04 Å². The standard InChI is InChI=1S/C20H22N6O/c1-9-17(10(2)25-24-9)15-7-13(18-11(3)26-27-12(18)4)8-16-19(15)23-20(22-16)21-14-5-6-14/h7-8,14H,5-6H2,1-4H3,(H,24,25)(H2,21,22,23). The third-order valence-electron chi connectivity index (χ3n) is 5.22. The molecule has 138 valence electrons. The molecule has 5 rings (SSSR count). The first kappa shape index (κ1) is 16.1. The lowest BCUT2D eigenvalue weighted by Crippen LogP contribution is -2.01. The first-order valence-electron chi connectivity index (χ1n) is 9.26. The summed E-state index contributed by atoms with van der Waals surface area (Å²) in [5.74, 6) is 1.64. The van der Waals surface area contributed by atoms with E-state index < -0.39 is 0 Å². The van der Waals surface area contributed by atoms with Crippen LogP contribution >= 0.6 is 0 Å². The van der Waals surface area contributed by atoms with Gasteiger partial charge in [0.2, 0.25) is 5.95 Å². The zero-order valence-electron chi connectivity index (χ0n) is 15.9. The largest absolute Gasteiger partial charge is 0.361 e. The molecule has 3 N–H and O–H groups in total. The van der Waals surface area contributed by atoms with Crippen LogP contribution in [-0.2, 0) is 0 Å². The highest BCUT2D eigenvalue weighted by atomic mass is 16.5. The van der Waals surface area contributed by atoms with Gasteiger partial charge in [-0.1, -0.05) is 5.16 Å². The summed E-state index contributed by atoms with van der Waals surface area (Å²) in [5.41, 5.74) is 9.07. The van der Waals surface area contributed by atoms with E-state index in [2.05, 4.69) is 37.8 Å². The number of imidazole rings is 1. The topological polar surface area (TPSA) is 95.4 Å². The molecule has 0 amide bonds. The molecule has 27 heavy (non-hydrogen) atoms. The van der Waals surface area contributed by atoms with E-state index in [1.807, 2.05) is 27.7 Å². The number of benzene rings is 1. The van der Waals surface area contributed by atoms with Crippen molar-refractivity contribution in [3.8, 4) is 22.3 Å². The smallest absolute Gasteiger partial charge is 0.201 e. The van der Waals surface area contributed by atoms with Crippen LogP contribution in [0.5, 0.6) is 0 Å². The van der Waals surface area contributed by atoms with E-state index >= 15 is 0 Å². The van der Waals surface area contributed by atoms with Crippen LogP contribution in [-0.4, -0.2) is 31.4 Å². The predicted molar refractivity (Wildman–Crippen MR) is 105 cm³/mol. The van der Waals surface area contributed by atoms with Gasteiger partial charge in [-0.25, -0.2) is 4.98 Å². The first-order valence-corrected chi connectivity index (χ1v) is 9.26. The Kier molecular flexibility index (Phi) is 3.40. The molecule has 1 aliphatic carbocycles. The highest BCUT2D eigenvalue weighted by molar-refractivity contribution is 5.98. The second-order valence-electron chi connectivity index (χ2n) is 7.43. The lowest BCUT2D eigenvalue weighted by atomic mass is 9.96. The van der Waals surface area contributed by atoms with Crippen LogP contribution in [0.4, 0.5) is 5.95 Å². The van der Waals surface area contributed by atoms with Crippen molar-refractivity contribution in [3.63, 3.8) is 0 Å². The number of H-pyrrole nitrogens is 2. The van der Waals surface area contributed by atoms with E-state index in [1.165, 1.54) is 12.8 Å². The number of aromatic amines is 2. The molecule has 1 fully saturated rings. The van der Waals surface area contributed by atoms with Gasteiger partial charge in [0.25, 0.3) is 0 Å². The Morgan fingerprint density at radius 3 is 2.52 bits per heavy atom. The summed E-state index contributed by atoms with van der Waals surface area (Å²) in [4.78, 5) is 8.30. The molecule has 0 radical (unpaired) electrons. The van der Waals surface area contributed by atoms with Crippen LogP contribution in [0.3, 0.4) is 0 Å². The van der Waals surface area contributed by atoms with Gasteiger partial charge >= 0.3 is 0 Å². The van der Waals surface area contributed by atoms with Crippen LogP contribution in [0, 0.1) is 27.7 Å². The van der Waals surface area contributed by atoms with E-state index in [1.54, 1.807) is 0 Å². The van der Waals surface area contributed by atoms with Crippen molar-refractivity contribution in [2.75, 3.05) is 5.32 Å². The third-order valence-corrected chi connectivity index (χ3v) is 5.22. The number of hydrogen-bond donors (Lipinski definition) is 3. The first-order chi connectivity index (χ1) is 13.0. The number of fused-ring (bicyclic) bond motifs is 1. The molecule has 3 aromatic heterocycles. The Labute approximate surface area is 156 Å². The fourth-order valence-corrected chi connectivity index (χ4v) is 3.78. The number of aromatic nitrogens is 5. The van der Waals surface area contributed by atoms with Gasteiger partial charge in [0.05, 0.1) is 22.4 Å². The van der Waals surface area contributed by atoms with Gasteiger partial charge in [-0.15, -0.1) is 0 Å². The fourth-order valence-electron chi connectivity index (χ4n) is 3.78. The normalized spacial score (nSPS) is 14.2. The third kappa shape index (κ3) is 2.61. The zero-order valence-corrected chi connectivity index (χ0v) is 15.9. The molecule has 0 unspecified atom stereocenters. The van der Waals surface area contributed by atoms with Gasteiger partial charge in [0, 0.05) is 28.4 Å². The molecular weight excluding hydrogens is 340 g/mol. The van der Waals surface area contributed by atoms with Gasteiger partial charge in [0.15, 0.2) is 0 Å². The summed E-state index contributed by atoms with van der Waals surface area (Å²) in [7, 11) is 0. The number of rotatable bonds is 4. The van der Waals surface area contributed by atoms with Crippen molar-refractivity contribution in [1.29, 1.82) is 0 Å². The second-order valence-corrected chi connectivity index (χ2v) is 7.43. The van der Waals surface area contributed by atoms with Crippen molar-refractivity contribution in [3.05, 3.63) is 35.0 Å². The van der Waals surface area contributed by atoms with Gasteiger partial charge in [-0.05, 0) is 58.2 Å². The minimum atomic E-state index is 0.536. The van der Waals surface area contributed by atoms with Crippen molar-refractivity contribution in [2.24, 2.45) is 0 Å². The highest BCUT2D eigenvalue weighted by Gasteiger charge is 2.24. The Morgan fingerprint density at radius 2 is 1.89 bits per heavy atom. The number of hydrogen-bond acceptors (Lipinski definition) is 5. The molecule has 0 atom stereocenters. The maximum Gasteiger partial charge on any atom is 0.201 e. The average molecular weight is 362 g/mol. The fraction of sp³-hybridized carbons (Fsp3) is 0.350. The second kappa shape index (κ2) is 5.70. The van der Waals surface area contributed by atoms with E-state index in [9.17, 15) is 0 Å². The van der Waals surface area contributed by atoms with Crippen LogP contribution < -0.4 is 5.32 Å². The average Bonchev–Trinajstić information content (AvgIpc) is 3.10. The molecule has 0 aliphatic heterocycles. The van der Waals surface area contributed by atoms with Crippen molar-refractivity contribution >= 4 is 17.0 Å². The minimum absolute atomic E-state index is 0.536. The van der Waals surface area contributed by atoms with Crippen molar-refractivity contribution < 1.29 is 4.52 Å². The molecule has 4 aromatic rings. The van der Waals surface area contributed by atoms with Crippen molar-refractivity contribution in [2.45, 2.75) is 46.6 Å². The highest BCUT2D eigenvalue weighted by Crippen LogP contribution is 2.38. The van der Waals surface area contributed by atoms with Crippen LogP contribution in [0.1, 0.15) is 35.7 Å². The molecule has 3 heterocycles. The summed E-state index contributed by atoms with van der Waals surface area (Å²) in [6.45, 7) is 7.97. The Balaban J connectivity index is 1.78. The molecular formula is C20H22N6O. The lowest BCUT2D eigenvalue weighted by molar-refractivity contribution is 0.393. The molecule has 1 aliphatic rings.